The van der Waals surface area contributed by atoms with Crippen molar-refractivity contribution in [2.75, 3.05) is 5.32 Å². The van der Waals surface area contributed by atoms with Crippen molar-refractivity contribution in [3.05, 3.63) is 28.8 Å². The van der Waals surface area contributed by atoms with E-state index in [1.54, 1.807) is 19.9 Å². The number of nitrogens with one attached hydrogen (secondary N) is 2. The first kappa shape index (κ1) is 16.6. The largest absolute Gasteiger partial charge is 0.478 e. The van der Waals surface area contributed by atoms with E-state index in [-0.39, 0.29) is 11.6 Å². The van der Waals surface area contributed by atoms with Crippen LogP contribution >= 0.6 is 0 Å². The SMILES string of the molecule is C#CC(CCC)NC(=O)Nc1cc(C)c(C)c(C(=O)O)c1. The van der Waals surface area contributed by atoms with E-state index in [0.717, 1.165) is 12.0 Å². The van der Waals surface area contributed by atoms with Crippen molar-refractivity contribution in [2.24, 2.45) is 0 Å². The number of carbonyl (C=O) groups excluding carboxylic acids is 1. The Morgan fingerprint density at radius 2 is 2.05 bits per heavy atom. The molecule has 1 unspecified atom stereocenters. The maximum atomic E-state index is 11.9. The number of benzene rings is 1. The Kier molecular flexibility index (Phi) is 5.79. The van der Waals surface area contributed by atoms with E-state index in [4.69, 9.17) is 11.5 Å². The van der Waals surface area contributed by atoms with Crippen LogP contribution in [-0.4, -0.2) is 23.1 Å². The molecule has 3 N–H and O–H groups in total. The second kappa shape index (κ2) is 7.34. The van der Waals surface area contributed by atoms with Crippen molar-refractivity contribution in [2.45, 2.75) is 39.7 Å². The van der Waals surface area contributed by atoms with Gasteiger partial charge in [0.2, 0.25) is 0 Å². The zero-order valence-electron chi connectivity index (χ0n) is 12.5. The first-order valence-corrected chi connectivity index (χ1v) is 6.77. The molecular weight excluding hydrogens is 268 g/mol. The molecule has 1 atom stereocenters. The molecule has 1 aromatic carbocycles. The third kappa shape index (κ3) is 4.53. The van der Waals surface area contributed by atoms with Crippen LogP contribution in [0.3, 0.4) is 0 Å². The molecule has 1 rings (SSSR count). The number of hydrogen-bond donors (Lipinski definition) is 3. The van der Waals surface area contributed by atoms with Gasteiger partial charge in [0.15, 0.2) is 0 Å². The highest BCUT2D eigenvalue weighted by molar-refractivity contribution is 5.94. The molecule has 112 valence electrons. The van der Waals surface area contributed by atoms with Crippen LogP contribution in [0.1, 0.15) is 41.3 Å². The average molecular weight is 288 g/mol. The summed E-state index contributed by atoms with van der Waals surface area (Å²) in [4.78, 5) is 23.0. The summed E-state index contributed by atoms with van der Waals surface area (Å²) < 4.78 is 0. The topological polar surface area (TPSA) is 78.4 Å². The Labute approximate surface area is 124 Å². The van der Waals surface area contributed by atoms with E-state index in [9.17, 15) is 9.59 Å². The number of hydrogen-bond acceptors (Lipinski definition) is 2. The van der Waals surface area contributed by atoms with Crippen molar-refractivity contribution in [3.63, 3.8) is 0 Å². The molecule has 0 bridgehead atoms. The van der Waals surface area contributed by atoms with Crippen LogP contribution in [0.5, 0.6) is 0 Å². The Bertz CT molecular complexity index is 588. The fourth-order valence-corrected chi connectivity index (χ4v) is 1.96. The number of urea groups is 1. The second-order valence-corrected chi connectivity index (χ2v) is 4.88. The van der Waals surface area contributed by atoms with Gasteiger partial charge >= 0.3 is 12.0 Å². The highest BCUT2D eigenvalue weighted by atomic mass is 16.4. The van der Waals surface area contributed by atoms with Crippen LogP contribution in [0.25, 0.3) is 0 Å². The normalized spacial score (nSPS) is 11.3. The number of rotatable bonds is 5. The van der Waals surface area contributed by atoms with Gasteiger partial charge in [-0.25, -0.2) is 9.59 Å². The van der Waals surface area contributed by atoms with Gasteiger partial charge in [0.1, 0.15) is 0 Å². The van der Waals surface area contributed by atoms with E-state index in [1.807, 2.05) is 6.92 Å². The van der Waals surface area contributed by atoms with Crippen molar-refractivity contribution in [3.8, 4) is 12.3 Å². The predicted molar refractivity (Wildman–Crippen MR) is 82.6 cm³/mol. The third-order valence-corrected chi connectivity index (χ3v) is 3.24. The molecular formula is C16H20N2O3. The molecule has 0 fully saturated rings. The van der Waals surface area contributed by atoms with E-state index in [2.05, 4.69) is 16.6 Å². The summed E-state index contributed by atoms with van der Waals surface area (Å²) in [7, 11) is 0. The summed E-state index contributed by atoms with van der Waals surface area (Å²) in [6, 6.07) is 2.40. The number of aromatic carboxylic acids is 1. The summed E-state index contributed by atoms with van der Waals surface area (Å²) in [6.07, 6.45) is 6.89. The van der Waals surface area contributed by atoms with Gasteiger partial charge in [0.05, 0.1) is 11.6 Å². The number of aryl methyl sites for hydroxylation is 1. The van der Waals surface area contributed by atoms with E-state index in [0.29, 0.717) is 17.7 Å². The number of amides is 2. The lowest BCUT2D eigenvalue weighted by molar-refractivity contribution is 0.0696. The van der Waals surface area contributed by atoms with Crippen LogP contribution in [0, 0.1) is 26.2 Å². The lowest BCUT2D eigenvalue weighted by Crippen LogP contribution is -2.37. The molecule has 21 heavy (non-hydrogen) atoms. The van der Waals surface area contributed by atoms with Crippen LogP contribution in [0.2, 0.25) is 0 Å². The fraction of sp³-hybridized carbons (Fsp3) is 0.375. The van der Waals surface area contributed by atoms with Crippen LogP contribution in [0.15, 0.2) is 12.1 Å². The van der Waals surface area contributed by atoms with Crippen molar-refractivity contribution >= 4 is 17.7 Å². The van der Waals surface area contributed by atoms with Crippen LogP contribution in [-0.2, 0) is 0 Å². The van der Waals surface area contributed by atoms with E-state index >= 15 is 0 Å². The first-order chi connectivity index (χ1) is 9.88. The Morgan fingerprint density at radius 3 is 2.57 bits per heavy atom. The van der Waals surface area contributed by atoms with E-state index in [1.165, 1.54) is 6.07 Å². The smallest absolute Gasteiger partial charge is 0.336 e. The summed E-state index contributed by atoms with van der Waals surface area (Å²) in [5.41, 5.74) is 2.08. The summed E-state index contributed by atoms with van der Waals surface area (Å²) in [5.74, 6) is 1.48. The Balaban J connectivity index is 2.86. The predicted octanol–water partition coefficient (Wildman–Crippen LogP) is 2.93. The molecule has 5 heteroatoms. The number of terminal acetylenes is 1. The molecule has 5 nitrogen and oxygen atoms in total. The summed E-state index contributed by atoms with van der Waals surface area (Å²) in [6.45, 7) is 5.51. The molecule has 0 saturated heterocycles. The van der Waals surface area contributed by atoms with Gasteiger partial charge in [0, 0.05) is 5.69 Å². The Morgan fingerprint density at radius 1 is 1.38 bits per heavy atom. The van der Waals surface area contributed by atoms with Gasteiger partial charge in [-0.15, -0.1) is 6.42 Å². The maximum absolute atomic E-state index is 11.9. The van der Waals surface area contributed by atoms with E-state index < -0.39 is 12.0 Å². The number of carboxylic acids is 1. The molecule has 0 aliphatic heterocycles. The zero-order valence-corrected chi connectivity index (χ0v) is 12.5. The third-order valence-electron chi connectivity index (χ3n) is 3.24. The molecule has 0 saturated carbocycles. The Hall–Kier alpha value is -2.48. The summed E-state index contributed by atoms with van der Waals surface area (Å²) in [5, 5.41) is 14.4. The quantitative estimate of drug-likeness (QED) is 0.729. The van der Waals surface area contributed by atoms with Crippen molar-refractivity contribution < 1.29 is 14.7 Å². The molecule has 2 amide bonds. The van der Waals surface area contributed by atoms with Gasteiger partial charge in [0.25, 0.3) is 0 Å². The lowest BCUT2D eigenvalue weighted by Gasteiger charge is -2.14. The number of anilines is 1. The van der Waals surface area contributed by atoms with Crippen molar-refractivity contribution in [1.29, 1.82) is 0 Å². The highest BCUT2D eigenvalue weighted by Crippen LogP contribution is 2.20. The molecule has 0 radical (unpaired) electrons. The number of carboxylic acid groups (broad SMARTS) is 1. The minimum absolute atomic E-state index is 0.173. The van der Waals surface area contributed by atoms with Gasteiger partial charge in [-0.3, -0.25) is 0 Å². The van der Waals surface area contributed by atoms with Crippen molar-refractivity contribution in [1.82, 2.24) is 5.32 Å². The number of carbonyl (C=O) groups is 2. The standard InChI is InChI=1S/C16H20N2O3/c1-5-7-12(6-2)17-16(21)18-13-8-10(3)11(4)14(9-13)15(19)20/h2,8-9,12H,5,7H2,1,3-4H3,(H,19,20)(H2,17,18,21). The maximum Gasteiger partial charge on any atom is 0.336 e. The molecule has 0 aliphatic carbocycles. The lowest BCUT2D eigenvalue weighted by atomic mass is 10.0. The molecule has 0 spiro atoms. The average Bonchev–Trinajstić information content (AvgIpc) is 2.41. The minimum Gasteiger partial charge on any atom is -0.478 e. The second-order valence-electron chi connectivity index (χ2n) is 4.88. The van der Waals surface area contributed by atoms with Crippen LogP contribution < -0.4 is 10.6 Å². The van der Waals surface area contributed by atoms with Gasteiger partial charge in [-0.05, 0) is 43.5 Å². The monoisotopic (exact) mass is 288 g/mol. The molecule has 0 aliphatic rings. The highest BCUT2D eigenvalue weighted by Gasteiger charge is 2.13. The molecule has 1 aromatic rings. The zero-order chi connectivity index (χ0) is 16.0. The minimum atomic E-state index is -1.02. The first-order valence-electron chi connectivity index (χ1n) is 6.77. The molecule has 0 aromatic heterocycles. The summed E-state index contributed by atoms with van der Waals surface area (Å²) >= 11 is 0. The fourth-order valence-electron chi connectivity index (χ4n) is 1.96. The van der Waals surface area contributed by atoms with Gasteiger partial charge < -0.3 is 15.7 Å². The van der Waals surface area contributed by atoms with Gasteiger partial charge in [-0.2, -0.15) is 0 Å². The molecule has 0 heterocycles. The van der Waals surface area contributed by atoms with Crippen LogP contribution in [0.4, 0.5) is 10.5 Å². The van der Waals surface area contributed by atoms with Gasteiger partial charge in [-0.1, -0.05) is 19.3 Å².